The lowest BCUT2D eigenvalue weighted by Crippen LogP contribution is -2.50. The first-order chi connectivity index (χ1) is 36.4. The maximum atomic E-state index is 12.3. The summed E-state index contributed by atoms with van der Waals surface area (Å²) in [6.07, 6.45) is 3.63. The third-order valence-corrected chi connectivity index (χ3v) is 12.3. The molecule has 0 bridgehead atoms. The molecule has 89 heavy (non-hydrogen) atoms. The molecule has 6 unspecified atom stereocenters. The molecule has 0 aliphatic rings. The van der Waals surface area contributed by atoms with E-state index < -0.39 is 18.2 Å². The summed E-state index contributed by atoms with van der Waals surface area (Å²) < 4.78 is 44.3. The Morgan fingerprint density at radius 1 is 0.371 bits per heavy atom. The third-order valence-electron chi connectivity index (χ3n) is 10.6. The first kappa shape index (κ1) is 130. The molecule has 21 heteroatoms. The highest BCUT2D eigenvalue weighted by atomic mass is 32.2. The van der Waals surface area contributed by atoms with Crippen LogP contribution in [0.4, 0.5) is 9.59 Å². The van der Waals surface area contributed by atoms with E-state index in [1.165, 1.54) is 6.92 Å². The maximum absolute atomic E-state index is 12.3. The number of carbonyl (C=O) groups excluding carboxylic acids is 8. The van der Waals surface area contributed by atoms with Crippen LogP contribution in [0.2, 0.25) is 0 Å². The van der Waals surface area contributed by atoms with Gasteiger partial charge in [-0.15, -0.1) is 0 Å². The zero-order valence-corrected chi connectivity index (χ0v) is 54.3. The minimum atomic E-state index is -0.942. The third kappa shape index (κ3) is 89.1. The van der Waals surface area contributed by atoms with Crippen LogP contribution >= 0.6 is 23.5 Å². The number of rotatable bonds is 36. The van der Waals surface area contributed by atoms with E-state index in [2.05, 4.69) is 24.5 Å². The molecule has 0 aliphatic heterocycles. The van der Waals surface area contributed by atoms with E-state index in [9.17, 15) is 38.4 Å². The summed E-state index contributed by atoms with van der Waals surface area (Å²) >= 11 is 3.47. The second-order valence-corrected chi connectivity index (χ2v) is 21.9. The Labute approximate surface area is 562 Å². The number of ether oxygens (including phenoxy) is 9. The molecule has 552 valence electrons. The predicted octanol–water partition coefficient (Wildman–Crippen LogP) is 16.4. The van der Waals surface area contributed by atoms with Crippen molar-refractivity contribution in [2.75, 3.05) is 132 Å². The summed E-state index contributed by atoms with van der Waals surface area (Å²) in [7, 11) is 6.34. The van der Waals surface area contributed by atoms with Crippen LogP contribution in [-0.4, -0.2) is 185 Å². The van der Waals surface area contributed by atoms with Gasteiger partial charge in [-0.05, 0) is 18.4 Å². The van der Waals surface area contributed by atoms with E-state index in [-0.39, 0.29) is 191 Å². The Hall–Kier alpha value is -3.18. The Balaban J connectivity index is -0.0000000491. The quantitative estimate of drug-likeness (QED) is 0.0336. The van der Waals surface area contributed by atoms with E-state index in [1.807, 2.05) is 95.6 Å². The lowest BCUT2D eigenvalue weighted by molar-refractivity contribution is -0.142. The van der Waals surface area contributed by atoms with Gasteiger partial charge in [0.05, 0.1) is 59.5 Å². The number of hydrogen-bond acceptors (Lipinski definition) is 19. The molecule has 0 fully saturated rings. The van der Waals surface area contributed by atoms with Gasteiger partial charge in [-0.25, -0.2) is 9.59 Å². The van der Waals surface area contributed by atoms with Crippen LogP contribution in [0.15, 0.2) is 0 Å². The van der Waals surface area contributed by atoms with E-state index in [4.69, 9.17) is 42.6 Å². The first-order valence-electron chi connectivity index (χ1n) is 27.2. The molecule has 6 atom stereocenters. The van der Waals surface area contributed by atoms with Crippen LogP contribution in [0.1, 0.15) is 206 Å². The summed E-state index contributed by atoms with van der Waals surface area (Å²) in [5.74, 6) is 4.16. The number of amides is 2. The van der Waals surface area contributed by atoms with Crippen LogP contribution in [0.25, 0.3) is 0 Å². The average Bonchev–Trinajstić information content (AvgIpc) is 3.38. The van der Waals surface area contributed by atoms with Gasteiger partial charge in [-0.3, -0.25) is 28.8 Å². The van der Waals surface area contributed by atoms with Crippen molar-refractivity contribution in [1.82, 2.24) is 10.6 Å². The van der Waals surface area contributed by atoms with Crippen LogP contribution in [0.3, 0.4) is 0 Å². The molecule has 0 saturated carbocycles. The maximum Gasteiger partial charge on any atom is 0.407 e. The zero-order valence-electron chi connectivity index (χ0n) is 52.7. The average molecular weight is 1340 g/mol. The Morgan fingerprint density at radius 2 is 0.663 bits per heavy atom. The van der Waals surface area contributed by atoms with Crippen LogP contribution in [0.5, 0.6) is 0 Å². The number of thioether (sulfide) groups is 2. The molecular formula is C68H156N2O17S2. The number of Topliss-reactive ketones (excluding diaryl/α,β-unsaturated/α-hetero) is 5. The normalized spacial score (nSPS) is 11.3. The second kappa shape index (κ2) is 89.0. The van der Waals surface area contributed by atoms with Crippen molar-refractivity contribution in [2.24, 2.45) is 59.2 Å². The van der Waals surface area contributed by atoms with E-state index >= 15 is 0 Å². The Morgan fingerprint density at radius 3 is 0.921 bits per heavy atom. The molecule has 0 aromatic rings. The molecule has 2 amide bonds. The van der Waals surface area contributed by atoms with Crippen molar-refractivity contribution in [1.29, 1.82) is 0 Å². The van der Waals surface area contributed by atoms with Gasteiger partial charge < -0.3 is 53.3 Å². The molecular weight excluding hydrogens is 1180 g/mol. The predicted molar refractivity (Wildman–Crippen MR) is 390 cm³/mol. The summed E-state index contributed by atoms with van der Waals surface area (Å²) in [5, 5.41) is 4.89. The molecule has 0 saturated heterocycles. The number of hydrogen-bond donors (Lipinski definition) is 2. The highest BCUT2D eigenvalue weighted by Crippen LogP contribution is 2.12. The van der Waals surface area contributed by atoms with E-state index in [1.54, 1.807) is 65.8 Å². The Bertz CT molecular complexity index is 1410. The highest BCUT2D eigenvalue weighted by molar-refractivity contribution is 7.98. The molecule has 0 rings (SSSR count). The molecule has 0 spiro atoms. The molecule has 19 nitrogen and oxygen atoms in total. The van der Waals surface area contributed by atoms with Crippen molar-refractivity contribution >= 4 is 70.6 Å². The fraction of sp³-hybridized carbons (Fsp3) is 0.882. The number of alkyl carbamates (subject to hydrolysis) is 2. The fourth-order valence-electron chi connectivity index (χ4n) is 5.90. The number of methoxy groups -OCH3 is 4. The van der Waals surface area contributed by atoms with Gasteiger partial charge in [0.15, 0.2) is 5.78 Å². The smallest absolute Gasteiger partial charge is 0.407 e. The van der Waals surface area contributed by atoms with E-state index in [0.717, 1.165) is 17.9 Å². The van der Waals surface area contributed by atoms with Crippen molar-refractivity contribution < 1.29 is 81.0 Å². The molecule has 2 N–H and O–H groups in total. The summed E-state index contributed by atoms with van der Waals surface area (Å²) in [6, 6.07) is -0.942. The van der Waals surface area contributed by atoms with Gasteiger partial charge in [-0.1, -0.05) is 199 Å². The lowest BCUT2D eigenvalue weighted by Gasteiger charge is -2.19. The van der Waals surface area contributed by atoms with Gasteiger partial charge in [0.2, 0.25) is 0 Å². The lowest BCUT2D eigenvalue weighted by atomic mass is 9.98. The SMILES string of the molecule is C.C.C.C.C.C.C.C.C.C.C.CCC(C)COC(C)=O.COCC(C)C(=O)C(C)C.COCC(C)C(=O)C(C)C.COCCOCCOC(=O)NCC(NC(=O)OCCOCCOC)C(=O)C(C)C.CSCC(C)C(=O)C(C)C.CSCC(C)C(=O)C(C)C. The molecule has 0 radical (unpaired) electrons. The topological polar surface area (TPSA) is 244 Å². The van der Waals surface area contributed by atoms with Gasteiger partial charge in [0.25, 0.3) is 0 Å². The zero-order chi connectivity index (χ0) is 61.8. The molecule has 0 aliphatic carbocycles. The minimum Gasteiger partial charge on any atom is -0.466 e. The highest BCUT2D eigenvalue weighted by Gasteiger charge is 2.25. The molecule has 0 aromatic carbocycles. The van der Waals surface area contributed by atoms with Crippen molar-refractivity contribution in [3.05, 3.63) is 0 Å². The number of esters is 1. The second-order valence-electron chi connectivity index (χ2n) is 20.1. The molecule has 0 aromatic heterocycles. The Kier molecular flexibility index (Phi) is 130. The number of carbonyl (C=O) groups is 8. The van der Waals surface area contributed by atoms with Gasteiger partial charge in [0, 0.05) is 107 Å². The number of nitrogens with one attached hydrogen (secondary N) is 2. The largest absolute Gasteiger partial charge is 0.466 e. The fourth-order valence-corrected chi connectivity index (χ4v) is 7.23. The van der Waals surface area contributed by atoms with Crippen molar-refractivity contribution in [3.63, 3.8) is 0 Å². The standard InChI is InChI=1S/C18H34N2O9.2C8H16O2.2C8H16OS.C7H14O2.11CH4/c1-14(2)16(21)15(20-18(23)29-12-10-27-8-6-25-4)13-19-17(22)28-11-9-26-7-5-24-3;4*1-6(2)8(9)7(3)5-10-4;1-4-6(2)5-9-7(3)8;;;;;;;;;;;/h14-15H,5-13H2,1-4H3,(H,19,22)(H,20,23);4*6-7H,5H2,1-4H3;6H,4-5H2,1-3H3;11*1H4. The summed E-state index contributed by atoms with van der Waals surface area (Å²) in [4.78, 5) is 90.8. The minimum absolute atomic E-state index is 0. The van der Waals surface area contributed by atoms with Crippen LogP contribution in [-0.2, 0) is 71.4 Å². The van der Waals surface area contributed by atoms with Gasteiger partial charge >= 0.3 is 18.2 Å². The first-order valence-corrected chi connectivity index (χ1v) is 30.0. The van der Waals surface area contributed by atoms with Crippen LogP contribution in [0, 0.1) is 59.2 Å². The van der Waals surface area contributed by atoms with Gasteiger partial charge in [-0.2, -0.15) is 23.5 Å². The van der Waals surface area contributed by atoms with Crippen molar-refractivity contribution in [3.8, 4) is 0 Å². The van der Waals surface area contributed by atoms with Crippen LogP contribution < -0.4 is 10.6 Å². The summed E-state index contributed by atoms with van der Waals surface area (Å²) in [5.41, 5.74) is 0. The van der Waals surface area contributed by atoms with E-state index in [0.29, 0.717) is 63.7 Å². The van der Waals surface area contributed by atoms with Crippen molar-refractivity contribution in [2.45, 2.75) is 212 Å². The monoisotopic (exact) mass is 1340 g/mol. The summed E-state index contributed by atoms with van der Waals surface area (Å²) in [6.45, 7) is 35.9. The number of ketones is 5. The molecule has 0 heterocycles. The van der Waals surface area contributed by atoms with Gasteiger partial charge in [0.1, 0.15) is 42.4 Å².